The molecule has 1 aliphatic carbocycles. The number of benzene rings is 1. The van der Waals surface area contributed by atoms with Gasteiger partial charge in [-0.3, -0.25) is 9.59 Å². The van der Waals surface area contributed by atoms with Gasteiger partial charge >= 0.3 is 11.9 Å². The van der Waals surface area contributed by atoms with Crippen molar-refractivity contribution in [3.05, 3.63) is 57.7 Å². The van der Waals surface area contributed by atoms with Crippen LogP contribution in [0.5, 0.6) is 0 Å². The fraction of sp³-hybridized carbons (Fsp3) is 0.316. The number of hydrogen-bond acceptors (Lipinski definition) is 4. The molecule has 7 heteroatoms. The number of carbonyl (C=O) groups excluding carboxylic acids is 2. The molecule has 26 heavy (non-hydrogen) atoms. The van der Waals surface area contributed by atoms with Crippen LogP contribution in [0, 0.1) is 5.82 Å². The van der Waals surface area contributed by atoms with Crippen LogP contribution in [0.25, 0.3) is 0 Å². The van der Waals surface area contributed by atoms with Crippen LogP contribution in [0.3, 0.4) is 0 Å². The summed E-state index contributed by atoms with van der Waals surface area (Å²) in [5.74, 6) is -2.57. The molecule has 0 atom stereocenters. The lowest BCUT2D eigenvalue weighted by molar-refractivity contribution is -0.142. The van der Waals surface area contributed by atoms with Crippen LogP contribution in [0.2, 0.25) is 0 Å². The summed E-state index contributed by atoms with van der Waals surface area (Å²) in [6.45, 7) is 1.85. The number of fused-ring (bicyclic) bond motifs is 2. The smallest absolute Gasteiger partial charge is 0.337 e. The molecular weight excluding hydrogens is 341 g/mol. The van der Waals surface area contributed by atoms with Crippen molar-refractivity contribution in [2.45, 2.75) is 26.2 Å². The highest BCUT2D eigenvalue weighted by Gasteiger charge is 2.33. The number of hydrogen-bond donors (Lipinski definition) is 1. The molecule has 1 heterocycles. The third-order valence-corrected chi connectivity index (χ3v) is 4.62. The Morgan fingerprint density at radius 2 is 2.04 bits per heavy atom. The zero-order valence-electron chi connectivity index (χ0n) is 14.5. The van der Waals surface area contributed by atoms with Gasteiger partial charge < -0.3 is 14.4 Å². The van der Waals surface area contributed by atoms with Crippen molar-refractivity contribution in [2.75, 3.05) is 6.61 Å². The monoisotopic (exact) mass is 359 g/mol. The van der Waals surface area contributed by atoms with Crippen molar-refractivity contribution in [2.24, 2.45) is 7.05 Å². The van der Waals surface area contributed by atoms with E-state index < -0.39 is 17.8 Å². The zero-order valence-corrected chi connectivity index (χ0v) is 14.5. The highest BCUT2D eigenvalue weighted by molar-refractivity contribution is 6.12. The summed E-state index contributed by atoms with van der Waals surface area (Å²) >= 11 is 0. The van der Waals surface area contributed by atoms with E-state index >= 15 is 0 Å². The van der Waals surface area contributed by atoms with Crippen LogP contribution in [-0.2, 0) is 35.8 Å². The summed E-state index contributed by atoms with van der Waals surface area (Å²) in [7, 11) is 1.56. The van der Waals surface area contributed by atoms with Crippen LogP contribution in [0.4, 0.5) is 4.39 Å². The van der Waals surface area contributed by atoms with Gasteiger partial charge in [0.1, 0.15) is 5.82 Å². The number of rotatable bonds is 4. The van der Waals surface area contributed by atoms with Crippen molar-refractivity contribution in [3.8, 4) is 0 Å². The lowest BCUT2D eigenvalue weighted by Gasteiger charge is -2.09. The van der Waals surface area contributed by atoms with Gasteiger partial charge in [-0.05, 0) is 49.1 Å². The van der Waals surface area contributed by atoms with Crippen molar-refractivity contribution < 1.29 is 28.6 Å². The maximum Gasteiger partial charge on any atom is 0.337 e. The number of carboxylic acids is 1. The third kappa shape index (κ3) is 2.89. The van der Waals surface area contributed by atoms with Crippen molar-refractivity contribution in [1.29, 1.82) is 0 Å². The molecule has 136 valence electrons. The predicted octanol–water partition coefficient (Wildman–Crippen LogP) is 2.30. The Bertz CT molecular complexity index is 928. The van der Waals surface area contributed by atoms with E-state index in [1.54, 1.807) is 14.0 Å². The number of carboxylic acid groups (broad SMARTS) is 1. The van der Waals surface area contributed by atoms with E-state index in [1.807, 2.05) is 0 Å². The Labute approximate surface area is 149 Å². The van der Waals surface area contributed by atoms with E-state index in [0.717, 1.165) is 0 Å². The quantitative estimate of drug-likeness (QED) is 0.847. The maximum atomic E-state index is 13.5. The Kier molecular flexibility index (Phi) is 4.63. The SMILES string of the molecule is CCOC(=O)Cc1c(C(=O)O)c2c(n1C)C(=O)c1ccc(F)cc1CC2. The molecule has 0 radical (unpaired) electrons. The Morgan fingerprint density at radius 1 is 1.31 bits per heavy atom. The summed E-state index contributed by atoms with van der Waals surface area (Å²) in [6.07, 6.45) is 0.382. The van der Waals surface area contributed by atoms with Gasteiger partial charge in [-0.2, -0.15) is 0 Å². The summed E-state index contributed by atoms with van der Waals surface area (Å²) in [5, 5.41) is 9.68. The highest BCUT2D eigenvalue weighted by atomic mass is 19.1. The Morgan fingerprint density at radius 3 is 2.69 bits per heavy atom. The number of esters is 1. The summed E-state index contributed by atoms with van der Waals surface area (Å²) in [4.78, 5) is 36.7. The molecule has 0 saturated heterocycles. The van der Waals surface area contributed by atoms with E-state index in [1.165, 1.54) is 22.8 Å². The number of aromatic nitrogens is 1. The van der Waals surface area contributed by atoms with E-state index in [0.29, 0.717) is 23.1 Å². The van der Waals surface area contributed by atoms with Crippen LogP contribution >= 0.6 is 0 Å². The second kappa shape index (κ2) is 6.74. The molecule has 1 N–H and O–H groups in total. The van der Waals surface area contributed by atoms with Gasteiger partial charge in [-0.25, -0.2) is 9.18 Å². The molecule has 0 amide bonds. The first-order valence-electron chi connectivity index (χ1n) is 8.27. The minimum atomic E-state index is -1.20. The van der Waals surface area contributed by atoms with Crippen LogP contribution < -0.4 is 0 Å². The maximum absolute atomic E-state index is 13.5. The molecule has 1 aliphatic rings. The van der Waals surface area contributed by atoms with Gasteiger partial charge in [0.15, 0.2) is 0 Å². The van der Waals surface area contributed by atoms with Crippen LogP contribution in [0.1, 0.15) is 50.2 Å². The number of carbonyl (C=O) groups is 3. The molecule has 2 aromatic rings. The molecular formula is C19H18FNO5. The Balaban J connectivity index is 2.17. The molecule has 6 nitrogen and oxygen atoms in total. The molecule has 1 aromatic heterocycles. The molecule has 0 aliphatic heterocycles. The van der Waals surface area contributed by atoms with Crippen LogP contribution in [0.15, 0.2) is 18.2 Å². The normalized spacial score (nSPS) is 13.0. The largest absolute Gasteiger partial charge is 0.478 e. The number of nitrogens with zero attached hydrogens (tertiary/aromatic N) is 1. The first-order chi connectivity index (χ1) is 12.3. The molecule has 1 aromatic carbocycles. The highest BCUT2D eigenvalue weighted by Crippen LogP contribution is 2.31. The van der Waals surface area contributed by atoms with Gasteiger partial charge in [0, 0.05) is 18.3 Å². The summed E-state index contributed by atoms with van der Waals surface area (Å²) < 4.78 is 19.9. The standard InChI is InChI=1S/C19H18FNO5/c1-3-26-15(22)9-14-16(19(24)25)13-6-4-10-8-11(20)5-7-12(10)18(23)17(13)21(14)2/h5,7-8H,3-4,6,9H2,1-2H3,(H,24,25). The number of ether oxygens (including phenoxy) is 1. The first-order valence-corrected chi connectivity index (χ1v) is 8.27. The predicted molar refractivity (Wildman–Crippen MR) is 89.9 cm³/mol. The summed E-state index contributed by atoms with van der Waals surface area (Å²) in [5.41, 5.74) is 1.70. The van der Waals surface area contributed by atoms with E-state index in [-0.39, 0.29) is 42.2 Å². The molecule has 0 bridgehead atoms. The lowest BCUT2D eigenvalue weighted by atomic mass is 10.0. The Hall–Kier alpha value is -2.96. The van der Waals surface area contributed by atoms with E-state index in [2.05, 4.69) is 0 Å². The van der Waals surface area contributed by atoms with Gasteiger partial charge in [-0.1, -0.05) is 0 Å². The second-order valence-corrected chi connectivity index (χ2v) is 6.13. The van der Waals surface area contributed by atoms with Gasteiger partial charge in [0.2, 0.25) is 5.78 Å². The van der Waals surface area contributed by atoms with Gasteiger partial charge in [-0.15, -0.1) is 0 Å². The van der Waals surface area contributed by atoms with Crippen molar-refractivity contribution in [1.82, 2.24) is 4.57 Å². The minimum Gasteiger partial charge on any atom is -0.478 e. The third-order valence-electron chi connectivity index (χ3n) is 4.62. The molecule has 0 fully saturated rings. The topological polar surface area (TPSA) is 85.6 Å². The average Bonchev–Trinajstić information content (AvgIpc) is 2.76. The second-order valence-electron chi connectivity index (χ2n) is 6.13. The fourth-order valence-corrected chi connectivity index (χ4v) is 3.52. The molecule has 3 rings (SSSR count). The number of ketones is 1. The first kappa shape index (κ1) is 17.8. The van der Waals surface area contributed by atoms with Gasteiger partial charge in [0.05, 0.1) is 24.3 Å². The zero-order chi connectivity index (χ0) is 19.0. The minimum absolute atomic E-state index is 0.0443. The number of halogens is 1. The van der Waals surface area contributed by atoms with Gasteiger partial charge in [0.25, 0.3) is 0 Å². The lowest BCUT2D eigenvalue weighted by Crippen LogP contribution is -2.15. The van der Waals surface area contributed by atoms with E-state index in [9.17, 15) is 23.9 Å². The average molecular weight is 359 g/mol. The molecule has 0 saturated carbocycles. The number of aromatic carboxylic acids is 1. The van der Waals surface area contributed by atoms with Crippen molar-refractivity contribution in [3.63, 3.8) is 0 Å². The molecule has 0 unspecified atom stereocenters. The molecule has 0 spiro atoms. The number of aryl methyl sites for hydroxylation is 1. The van der Waals surface area contributed by atoms with E-state index in [4.69, 9.17) is 4.74 Å². The summed E-state index contributed by atoms with van der Waals surface area (Å²) in [6, 6.07) is 3.93. The fourth-order valence-electron chi connectivity index (χ4n) is 3.52. The van der Waals surface area contributed by atoms with Crippen molar-refractivity contribution >= 4 is 17.7 Å². The van der Waals surface area contributed by atoms with Crippen LogP contribution in [-0.4, -0.2) is 34.0 Å².